The summed E-state index contributed by atoms with van der Waals surface area (Å²) in [4.78, 5) is 16.1. The lowest BCUT2D eigenvalue weighted by atomic mass is 9.58. The van der Waals surface area contributed by atoms with Crippen molar-refractivity contribution >= 4 is 23.2 Å². The maximum absolute atomic E-state index is 14.2. The highest BCUT2D eigenvalue weighted by Crippen LogP contribution is 2.62. The SMILES string of the molecule is O=C1N(c2ccc(Cl)cc2)C(c2ccccc2)C12c1ccccc1Oc1ccccc12. The topological polar surface area (TPSA) is 29.5 Å². The maximum Gasteiger partial charge on any atom is 0.245 e. The van der Waals surface area contributed by atoms with Crippen molar-refractivity contribution < 1.29 is 9.53 Å². The van der Waals surface area contributed by atoms with Crippen molar-refractivity contribution in [2.75, 3.05) is 4.90 Å². The molecule has 0 radical (unpaired) electrons. The minimum Gasteiger partial charge on any atom is -0.457 e. The molecule has 1 spiro atoms. The molecule has 0 N–H and O–H groups in total. The Morgan fingerprint density at radius 3 is 1.87 bits per heavy atom. The molecule has 1 saturated heterocycles. The number of amides is 1. The summed E-state index contributed by atoms with van der Waals surface area (Å²) >= 11 is 6.12. The molecule has 2 heterocycles. The lowest BCUT2D eigenvalue weighted by Crippen LogP contribution is -2.67. The van der Waals surface area contributed by atoms with Crippen LogP contribution in [0, 0.1) is 0 Å². The van der Waals surface area contributed by atoms with Crippen molar-refractivity contribution in [2.24, 2.45) is 0 Å². The van der Waals surface area contributed by atoms with Crippen molar-refractivity contribution in [1.82, 2.24) is 0 Å². The average Bonchev–Trinajstić information content (AvgIpc) is 2.82. The van der Waals surface area contributed by atoms with Crippen LogP contribution in [0.3, 0.4) is 0 Å². The van der Waals surface area contributed by atoms with Gasteiger partial charge in [0.2, 0.25) is 5.91 Å². The van der Waals surface area contributed by atoms with E-state index in [9.17, 15) is 4.79 Å². The number of benzene rings is 4. The largest absolute Gasteiger partial charge is 0.457 e. The molecule has 0 aliphatic carbocycles. The van der Waals surface area contributed by atoms with Gasteiger partial charge in [0, 0.05) is 21.8 Å². The van der Waals surface area contributed by atoms with Crippen LogP contribution in [0.5, 0.6) is 11.5 Å². The number of rotatable bonds is 2. The van der Waals surface area contributed by atoms with E-state index >= 15 is 0 Å². The zero-order chi connectivity index (χ0) is 21.0. The number of carbonyl (C=O) groups excluding carboxylic acids is 1. The van der Waals surface area contributed by atoms with E-state index in [-0.39, 0.29) is 11.9 Å². The van der Waals surface area contributed by atoms with Crippen LogP contribution in [0.1, 0.15) is 22.7 Å². The van der Waals surface area contributed by atoms with Gasteiger partial charge < -0.3 is 9.64 Å². The summed E-state index contributed by atoms with van der Waals surface area (Å²) in [5.41, 5.74) is 2.85. The Kier molecular flexibility index (Phi) is 3.95. The van der Waals surface area contributed by atoms with Crippen LogP contribution in [-0.2, 0) is 10.2 Å². The Morgan fingerprint density at radius 1 is 0.710 bits per heavy atom. The van der Waals surface area contributed by atoms with Gasteiger partial charge in [0.05, 0.1) is 6.04 Å². The van der Waals surface area contributed by atoms with Gasteiger partial charge in [-0.25, -0.2) is 0 Å². The number of anilines is 1. The summed E-state index contributed by atoms with van der Waals surface area (Å²) in [5, 5.41) is 0.643. The second kappa shape index (κ2) is 6.73. The number of ether oxygens (including phenoxy) is 1. The molecule has 4 aromatic rings. The standard InChI is InChI=1S/C27H18ClNO2/c28-19-14-16-20(17-15-19)29-25(18-8-2-1-3-9-18)27(26(29)30)21-10-4-6-12-23(21)31-24-13-7-5-11-22(24)27/h1-17,25H. The number of fused-ring (bicyclic) bond motifs is 4. The van der Waals surface area contributed by atoms with Crippen LogP contribution in [0.15, 0.2) is 103 Å². The number of halogens is 1. The molecule has 4 heteroatoms. The summed E-state index contributed by atoms with van der Waals surface area (Å²) in [5.74, 6) is 1.49. The van der Waals surface area contributed by atoms with E-state index in [2.05, 4.69) is 12.1 Å². The van der Waals surface area contributed by atoms with Crippen molar-refractivity contribution in [3.05, 3.63) is 125 Å². The molecule has 2 aliphatic heterocycles. The molecule has 0 saturated carbocycles. The highest BCUT2D eigenvalue weighted by molar-refractivity contribution is 6.30. The highest BCUT2D eigenvalue weighted by Gasteiger charge is 2.66. The Balaban J connectivity index is 1.64. The molecule has 0 aromatic heterocycles. The first-order valence-electron chi connectivity index (χ1n) is 10.2. The van der Waals surface area contributed by atoms with E-state index in [0.717, 1.165) is 33.9 Å². The van der Waals surface area contributed by atoms with Crippen LogP contribution in [-0.4, -0.2) is 5.91 Å². The van der Waals surface area contributed by atoms with Gasteiger partial charge in [-0.2, -0.15) is 0 Å². The fourth-order valence-electron chi connectivity index (χ4n) is 5.01. The number of hydrogen-bond acceptors (Lipinski definition) is 2. The van der Waals surface area contributed by atoms with Crippen molar-refractivity contribution in [3.63, 3.8) is 0 Å². The predicted octanol–water partition coefficient (Wildman–Crippen LogP) is 6.52. The van der Waals surface area contributed by atoms with Gasteiger partial charge in [0.15, 0.2) is 0 Å². The molecule has 2 aliphatic rings. The van der Waals surface area contributed by atoms with Gasteiger partial charge in [0.25, 0.3) is 0 Å². The molecular weight excluding hydrogens is 406 g/mol. The van der Waals surface area contributed by atoms with E-state index in [1.807, 2.05) is 95.9 Å². The molecule has 0 bridgehead atoms. The molecule has 1 unspecified atom stereocenters. The minimum atomic E-state index is -0.855. The average molecular weight is 424 g/mol. The van der Waals surface area contributed by atoms with Crippen molar-refractivity contribution in [1.29, 1.82) is 0 Å². The second-order valence-corrected chi connectivity index (χ2v) is 8.30. The van der Waals surface area contributed by atoms with Crippen LogP contribution in [0.4, 0.5) is 5.69 Å². The predicted molar refractivity (Wildman–Crippen MR) is 122 cm³/mol. The minimum absolute atomic E-state index is 0.0341. The van der Waals surface area contributed by atoms with E-state index in [4.69, 9.17) is 16.3 Å². The summed E-state index contributed by atoms with van der Waals surface area (Å²) in [6.07, 6.45) is 0. The third-order valence-electron chi connectivity index (χ3n) is 6.29. The van der Waals surface area contributed by atoms with E-state index < -0.39 is 5.41 Å². The molecule has 1 atom stereocenters. The lowest BCUT2D eigenvalue weighted by Gasteiger charge is -2.58. The van der Waals surface area contributed by atoms with Gasteiger partial charge in [-0.15, -0.1) is 0 Å². The first-order valence-corrected chi connectivity index (χ1v) is 10.6. The zero-order valence-corrected chi connectivity index (χ0v) is 17.3. The fraction of sp³-hybridized carbons (Fsp3) is 0.0741. The summed E-state index contributed by atoms with van der Waals surface area (Å²) in [6, 6.07) is 33.2. The fourth-order valence-corrected chi connectivity index (χ4v) is 5.13. The number of para-hydroxylation sites is 2. The molecule has 31 heavy (non-hydrogen) atoms. The molecule has 1 fully saturated rings. The van der Waals surface area contributed by atoms with Crippen molar-refractivity contribution in [3.8, 4) is 11.5 Å². The van der Waals surface area contributed by atoms with Gasteiger partial charge in [-0.1, -0.05) is 78.3 Å². The van der Waals surface area contributed by atoms with E-state index in [0.29, 0.717) is 5.02 Å². The van der Waals surface area contributed by atoms with Crippen LogP contribution in [0.25, 0.3) is 0 Å². The van der Waals surface area contributed by atoms with E-state index in [1.54, 1.807) is 0 Å². The number of carbonyl (C=O) groups is 1. The molecular formula is C27H18ClNO2. The first kappa shape index (κ1) is 18.2. The van der Waals surface area contributed by atoms with Gasteiger partial charge in [0.1, 0.15) is 16.9 Å². The summed E-state index contributed by atoms with van der Waals surface area (Å²) in [6.45, 7) is 0. The quantitative estimate of drug-likeness (QED) is 0.343. The third-order valence-corrected chi connectivity index (χ3v) is 6.54. The normalized spacial score (nSPS) is 18.0. The van der Waals surface area contributed by atoms with Crippen LogP contribution < -0.4 is 9.64 Å². The molecule has 150 valence electrons. The van der Waals surface area contributed by atoms with Gasteiger partial charge in [-0.05, 0) is 42.0 Å². The second-order valence-electron chi connectivity index (χ2n) is 7.87. The number of nitrogens with zero attached hydrogens (tertiary/aromatic N) is 1. The Bertz CT molecular complexity index is 1250. The van der Waals surface area contributed by atoms with Crippen LogP contribution >= 0.6 is 11.6 Å². The Labute approximate surface area is 185 Å². The molecule has 1 amide bonds. The van der Waals surface area contributed by atoms with E-state index in [1.165, 1.54) is 0 Å². The Morgan fingerprint density at radius 2 is 1.26 bits per heavy atom. The molecule has 6 rings (SSSR count). The van der Waals surface area contributed by atoms with Crippen LogP contribution in [0.2, 0.25) is 5.02 Å². The Hall–Kier alpha value is -3.56. The monoisotopic (exact) mass is 423 g/mol. The van der Waals surface area contributed by atoms with Gasteiger partial charge in [-0.3, -0.25) is 4.79 Å². The number of hydrogen-bond donors (Lipinski definition) is 0. The zero-order valence-electron chi connectivity index (χ0n) is 16.5. The maximum atomic E-state index is 14.2. The molecule has 4 aromatic carbocycles. The number of β-lactam (4-membered cyclic amide) rings is 1. The van der Waals surface area contributed by atoms with Gasteiger partial charge >= 0.3 is 0 Å². The third kappa shape index (κ3) is 2.44. The lowest BCUT2D eigenvalue weighted by molar-refractivity contribution is -0.131. The highest BCUT2D eigenvalue weighted by atomic mass is 35.5. The summed E-state index contributed by atoms with van der Waals surface area (Å²) in [7, 11) is 0. The van der Waals surface area contributed by atoms with Crippen molar-refractivity contribution in [2.45, 2.75) is 11.5 Å². The smallest absolute Gasteiger partial charge is 0.245 e. The molecule has 3 nitrogen and oxygen atoms in total. The first-order chi connectivity index (χ1) is 15.2. The summed E-state index contributed by atoms with van der Waals surface area (Å²) < 4.78 is 6.21.